The molecule has 0 heterocycles. The lowest BCUT2D eigenvalue weighted by Crippen LogP contribution is -2.26. The molecule has 0 aliphatic heterocycles. The number of benzene rings is 2. The van der Waals surface area contributed by atoms with Crippen LogP contribution in [0.5, 0.6) is 11.5 Å². The lowest BCUT2D eigenvalue weighted by Gasteiger charge is -2.15. The topological polar surface area (TPSA) is 95.6 Å². The van der Waals surface area contributed by atoms with Crippen LogP contribution in [0.2, 0.25) is 0 Å². The highest BCUT2D eigenvalue weighted by Crippen LogP contribution is 2.28. The number of para-hydroxylation sites is 1. The van der Waals surface area contributed by atoms with Gasteiger partial charge < -0.3 is 21.3 Å². The van der Waals surface area contributed by atoms with E-state index >= 15 is 0 Å². The molecule has 0 saturated heterocycles. The molecule has 1 atom stereocenters. The average Bonchev–Trinajstić information content (AvgIpc) is 2.41. The van der Waals surface area contributed by atoms with Gasteiger partial charge in [0.05, 0.1) is 11.6 Å². The summed E-state index contributed by atoms with van der Waals surface area (Å²) in [7, 11) is 0. The predicted octanol–water partition coefficient (Wildman–Crippen LogP) is 2.17. The zero-order chi connectivity index (χ0) is 14.7. The Morgan fingerprint density at radius 3 is 2.60 bits per heavy atom. The lowest BCUT2D eigenvalue weighted by atomic mass is 10.1. The van der Waals surface area contributed by atoms with Gasteiger partial charge in [0.25, 0.3) is 5.91 Å². The van der Waals surface area contributed by atoms with Gasteiger partial charge in [0.1, 0.15) is 0 Å². The smallest absolute Gasteiger partial charge is 0.255 e. The molecule has 0 saturated carbocycles. The van der Waals surface area contributed by atoms with E-state index in [0.717, 1.165) is 5.56 Å². The summed E-state index contributed by atoms with van der Waals surface area (Å²) < 4.78 is 0. The van der Waals surface area contributed by atoms with Gasteiger partial charge in [0.15, 0.2) is 11.5 Å². The molecule has 2 aromatic rings. The van der Waals surface area contributed by atoms with Gasteiger partial charge >= 0.3 is 0 Å². The standard InChI is InChI=1S/C15H16N2O3/c1-9(10-4-2-5-11(16)8-10)17-15(20)12-6-3-7-13(18)14(12)19/h2-9,18-19H,16H2,1H3,(H,17,20). The Bertz CT molecular complexity index is 641. The molecule has 104 valence electrons. The first-order valence-corrected chi connectivity index (χ1v) is 6.16. The first-order chi connectivity index (χ1) is 9.49. The number of nitrogens with one attached hydrogen (secondary N) is 1. The molecule has 1 unspecified atom stereocenters. The molecule has 0 bridgehead atoms. The maximum atomic E-state index is 12.1. The van der Waals surface area contributed by atoms with E-state index in [1.165, 1.54) is 18.2 Å². The molecule has 0 aromatic heterocycles. The lowest BCUT2D eigenvalue weighted by molar-refractivity contribution is 0.0936. The minimum atomic E-state index is -0.465. The fourth-order valence-electron chi connectivity index (χ4n) is 1.90. The molecular weight excluding hydrogens is 256 g/mol. The Kier molecular flexibility index (Phi) is 3.79. The predicted molar refractivity (Wildman–Crippen MR) is 76.5 cm³/mol. The van der Waals surface area contributed by atoms with Crippen LogP contribution in [-0.2, 0) is 0 Å². The van der Waals surface area contributed by atoms with Crippen molar-refractivity contribution in [3.63, 3.8) is 0 Å². The molecular formula is C15H16N2O3. The molecule has 0 aliphatic rings. The van der Waals surface area contributed by atoms with Crippen LogP contribution in [-0.4, -0.2) is 16.1 Å². The monoisotopic (exact) mass is 272 g/mol. The number of anilines is 1. The molecule has 0 fully saturated rings. The van der Waals surface area contributed by atoms with Crippen molar-refractivity contribution in [2.75, 3.05) is 5.73 Å². The van der Waals surface area contributed by atoms with E-state index in [-0.39, 0.29) is 17.4 Å². The zero-order valence-corrected chi connectivity index (χ0v) is 11.0. The van der Waals surface area contributed by atoms with E-state index in [4.69, 9.17) is 5.73 Å². The second kappa shape index (κ2) is 5.52. The van der Waals surface area contributed by atoms with Crippen LogP contribution < -0.4 is 11.1 Å². The number of phenolic OH excluding ortho intramolecular Hbond substituents is 2. The summed E-state index contributed by atoms with van der Waals surface area (Å²) in [6.45, 7) is 1.81. The third-order valence-electron chi connectivity index (χ3n) is 3.02. The van der Waals surface area contributed by atoms with E-state index in [1.54, 1.807) is 18.2 Å². The quantitative estimate of drug-likeness (QED) is 0.508. The van der Waals surface area contributed by atoms with Crippen LogP contribution in [0.15, 0.2) is 42.5 Å². The SMILES string of the molecule is CC(NC(=O)c1cccc(O)c1O)c1cccc(N)c1. The molecule has 0 radical (unpaired) electrons. The number of phenols is 2. The highest BCUT2D eigenvalue weighted by atomic mass is 16.3. The highest BCUT2D eigenvalue weighted by molar-refractivity contribution is 5.97. The summed E-state index contributed by atoms with van der Waals surface area (Å²) in [6.07, 6.45) is 0. The molecule has 2 rings (SSSR count). The van der Waals surface area contributed by atoms with Crippen LogP contribution >= 0.6 is 0 Å². The van der Waals surface area contributed by atoms with Gasteiger partial charge in [-0.25, -0.2) is 0 Å². The largest absolute Gasteiger partial charge is 0.504 e. The van der Waals surface area contributed by atoms with Crippen molar-refractivity contribution in [3.05, 3.63) is 53.6 Å². The van der Waals surface area contributed by atoms with Crippen molar-refractivity contribution in [1.29, 1.82) is 0 Å². The minimum absolute atomic E-state index is 0.0285. The summed E-state index contributed by atoms with van der Waals surface area (Å²) in [5, 5.41) is 21.8. The maximum Gasteiger partial charge on any atom is 0.255 e. The number of nitrogens with two attached hydrogens (primary N) is 1. The summed E-state index contributed by atoms with van der Waals surface area (Å²) in [5.41, 5.74) is 7.20. The summed E-state index contributed by atoms with van der Waals surface area (Å²) in [4.78, 5) is 12.1. The van der Waals surface area contributed by atoms with E-state index in [2.05, 4.69) is 5.32 Å². The number of amides is 1. The van der Waals surface area contributed by atoms with E-state index < -0.39 is 11.7 Å². The third-order valence-corrected chi connectivity index (χ3v) is 3.02. The Hall–Kier alpha value is -2.69. The number of nitrogen functional groups attached to an aromatic ring is 1. The molecule has 20 heavy (non-hydrogen) atoms. The number of carbonyl (C=O) groups is 1. The molecule has 5 N–H and O–H groups in total. The molecule has 2 aromatic carbocycles. The Morgan fingerprint density at radius 1 is 1.20 bits per heavy atom. The number of aromatic hydroxyl groups is 2. The van der Waals surface area contributed by atoms with Crippen LogP contribution in [0.3, 0.4) is 0 Å². The highest BCUT2D eigenvalue weighted by Gasteiger charge is 2.16. The number of rotatable bonds is 3. The molecule has 0 spiro atoms. The first-order valence-electron chi connectivity index (χ1n) is 6.16. The molecule has 1 amide bonds. The van der Waals surface area contributed by atoms with Crippen LogP contribution in [0.4, 0.5) is 5.69 Å². The van der Waals surface area contributed by atoms with E-state index in [1.807, 2.05) is 13.0 Å². The number of hydrogen-bond acceptors (Lipinski definition) is 4. The second-order valence-electron chi connectivity index (χ2n) is 4.54. The Labute approximate surface area is 116 Å². The minimum Gasteiger partial charge on any atom is -0.504 e. The van der Waals surface area contributed by atoms with Crippen molar-refractivity contribution in [3.8, 4) is 11.5 Å². The number of hydrogen-bond donors (Lipinski definition) is 4. The van der Waals surface area contributed by atoms with Crippen molar-refractivity contribution < 1.29 is 15.0 Å². The van der Waals surface area contributed by atoms with E-state index in [0.29, 0.717) is 5.69 Å². The van der Waals surface area contributed by atoms with Gasteiger partial charge in [-0.15, -0.1) is 0 Å². The van der Waals surface area contributed by atoms with Gasteiger partial charge in [-0.1, -0.05) is 18.2 Å². The van der Waals surface area contributed by atoms with Gasteiger partial charge in [0, 0.05) is 5.69 Å². The van der Waals surface area contributed by atoms with Crippen molar-refractivity contribution >= 4 is 11.6 Å². The normalized spacial score (nSPS) is 11.8. The fraction of sp³-hybridized carbons (Fsp3) is 0.133. The second-order valence-corrected chi connectivity index (χ2v) is 4.54. The van der Waals surface area contributed by atoms with E-state index in [9.17, 15) is 15.0 Å². The number of carbonyl (C=O) groups excluding carboxylic acids is 1. The van der Waals surface area contributed by atoms with Gasteiger partial charge in [-0.3, -0.25) is 4.79 Å². The van der Waals surface area contributed by atoms with Crippen molar-refractivity contribution in [2.45, 2.75) is 13.0 Å². The van der Waals surface area contributed by atoms with Gasteiger partial charge in [-0.2, -0.15) is 0 Å². The van der Waals surface area contributed by atoms with Crippen LogP contribution in [0.1, 0.15) is 28.9 Å². The van der Waals surface area contributed by atoms with Crippen molar-refractivity contribution in [1.82, 2.24) is 5.32 Å². The maximum absolute atomic E-state index is 12.1. The van der Waals surface area contributed by atoms with Crippen molar-refractivity contribution in [2.24, 2.45) is 0 Å². The molecule has 5 heteroatoms. The third kappa shape index (κ3) is 2.83. The molecule has 5 nitrogen and oxygen atoms in total. The zero-order valence-electron chi connectivity index (χ0n) is 11.0. The average molecular weight is 272 g/mol. The first kappa shape index (κ1) is 13.7. The summed E-state index contributed by atoms with van der Waals surface area (Å²) in [6, 6.07) is 11.2. The van der Waals surface area contributed by atoms with Crippen LogP contribution in [0, 0.1) is 0 Å². The Morgan fingerprint density at radius 2 is 1.90 bits per heavy atom. The van der Waals surface area contributed by atoms with Gasteiger partial charge in [-0.05, 0) is 36.8 Å². The fourth-order valence-corrected chi connectivity index (χ4v) is 1.90. The summed E-state index contributed by atoms with van der Waals surface area (Å²) >= 11 is 0. The summed E-state index contributed by atoms with van der Waals surface area (Å²) in [5.74, 6) is -1.22. The van der Waals surface area contributed by atoms with Crippen LogP contribution in [0.25, 0.3) is 0 Å². The Balaban J connectivity index is 2.17. The van der Waals surface area contributed by atoms with Gasteiger partial charge in [0.2, 0.25) is 0 Å². The molecule has 0 aliphatic carbocycles.